The largest absolute Gasteiger partial charge is 0.493 e. The van der Waals surface area contributed by atoms with Crippen LogP contribution in [0.2, 0.25) is 5.02 Å². The number of fused-ring (bicyclic) bond motifs is 3. The van der Waals surface area contributed by atoms with Gasteiger partial charge in [0.15, 0.2) is 11.5 Å². The monoisotopic (exact) mass is 409 g/mol. The Morgan fingerprint density at radius 3 is 2.68 bits per heavy atom. The van der Waals surface area contributed by atoms with Crippen LogP contribution in [0.25, 0.3) is 0 Å². The summed E-state index contributed by atoms with van der Waals surface area (Å²) in [6, 6.07) is 2.51. The SMILES string of the molecule is COc1cc2c(c(Cl)c1OCC1CCO1)CCN1CC(OC(C)(C)C)CCC21. The average Bonchev–Trinajstić information content (AvgIpc) is 2.60. The quantitative estimate of drug-likeness (QED) is 0.721. The van der Waals surface area contributed by atoms with Gasteiger partial charge in [-0.05, 0) is 57.2 Å². The Morgan fingerprint density at radius 2 is 2.04 bits per heavy atom. The third-order valence-corrected chi connectivity index (χ3v) is 6.32. The summed E-state index contributed by atoms with van der Waals surface area (Å²) in [4.78, 5) is 2.54. The van der Waals surface area contributed by atoms with Crippen molar-refractivity contribution >= 4 is 11.6 Å². The first-order chi connectivity index (χ1) is 13.4. The Morgan fingerprint density at radius 1 is 1.25 bits per heavy atom. The van der Waals surface area contributed by atoms with Crippen molar-refractivity contribution in [3.05, 3.63) is 22.2 Å². The second-order valence-electron chi connectivity index (χ2n) is 9.07. The van der Waals surface area contributed by atoms with Crippen LogP contribution in [-0.4, -0.2) is 56.1 Å². The lowest BCUT2D eigenvalue weighted by atomic mass is 9.85. The Balaban J connectivity index is 1.54. The van der Waals surface area contributed by atoms with Crippen molar-refractivity contribution in [2.45, 2.75) is 70.3 Å². The molecule has 3 atom stereocenters. The molecule has 0 amide bonds. The Hall–Kier alpha value is -1.01. The summed E-state index contributed by atoms with van der Waals surface area (Å²) in [7, 11) is 1.68. The van der Waals surface area contributed by atoms with Crippen molar-refractivity contribution in [1.82, 2.24) is 4.90 Å². The molecule has 3 aliphatic heterocycles. The van der Waals surface area contributed by atoms with E-state index in [0.29, 0.717) is 29.5 Å². The Kier molecular flexibility index (Phi) is 5.81. The highest BCUT2D eigenvalue weighted by molar-refractivity contribution is 6.33. The minimum Gasteiger partial charge on any atom is -0.493 e. The van der Waals surface area contributed by atoms with Crippen LogP contribution in [0.3, 0.4) is 0 Å². The fraction of sp³-hybridized carbons (Fsp3) is 0.727. The van der Waals surface area contributed by atoms with Gasteiger partial charge < -0.3 is 18.9 Å². The molecule has 3 aliphatic rings. The second-order valence-corrected chi connectivity index (χ2v) is 9.45. The molecule has 0 radical (unpaired) electrons. The van der Waals surface area contributed by atoms with Gasteiger partial charge in [-0.1, -0.05) is 11.6 Å². The van der Waals surface area contributed by atoms with Crippen LogP contribution in [0.1, 0.15) is 57.2 Å². The first-order valence-corrected chi connectivity index (χ1v) is 10.8. The number of methoxy groups -OCH3 is 1. The molecule has 2 fully saturated rings. The summed E-state index contributed by atoms with van der Waals surface area (Å²) in [5.41, 5.74) is 2.40. The van der Waals surface area contributed by atoms with Crippen LogP contribution >= 0.6 is 11.6 Å². The van der Waals surface area contributed by atoms with E-state index in [4.69, 9.17) is 30.5 Å². The highest BCUT2D eigenvalue weighted by atomic mass is 35.5. The van der Waals surface area contributed by atoms with Gasteiger partial charge in [0.25, 0.3) is 0 Å². The number of piperidine rings is 1. The van der Waals surface area contributed by atoms with Crippen LogP contribution in [0, 0.1) is 0 Å². The van der Waals surface area contributed by atoms with Crippen molar-refractivity contribution in [3.8, 4) is 11.5 Å². The standard InChI is InChI=1S/C22H32ClNO4/c1-22(2,3)28-14-5-6-18-17-11-19(25-4)21(27-13-15-8-10-26-15)20(23)16(17)7-9-24(18)12-14/h11,14-15,18H,5-10,12-13H2,1-4H3. The molecule has 5 nitrogen and oxygen atoms in total. The zero-order valence-electron chi connectivity index (χ0n) is 17.4. The molecule has 3 unspecified atom stereocenters. The summed E-state index contributed by atoms with van der Waals surface area (Å²) in [6.07, 6.45) is 4.57. The molecule has 1 aromatic rings. The molecular formula is C22H32ClNO4. The van der Waals surface area contributed by atoms with Gasteiger partial charge >= 0.3 is 0 Å². The summed E-state index contributed by atoms with van der Waals surface area (Å²) >= 11 is 6.81. The van der Waals surface area contributed by atoms with E-state index in [1.165, 1.54) is 11.1 Å². The van der Waals surface area contributed by atoms with E-state index < -0.39 is 0 Å². The fourth-order valence-electron chi connectivity index (χ4n) is 4.55. The van der Waals surface area contributed by atoms with Gasteiger partial charge in [0.2, 0.25) is 0 Å². The van der Waals surface area contributed by atoms with E-state index >= 15 is 0 Å². The van der Waals surface area contributed by atoms with Crippen molar-refractivity contribution in [2.24, 2.45) is 0 Å². The average molecular weight is 410 g/mol. The molecule has 156 valence electrons. The van der Waals surface area contributed by atoms with E-state index in [0.717, 1.165) is 51.1 Å². The molecule has 0 bridgehead atoms. The molecule has 2 saturated heterocycles. The van der Waals surface area contributed by atoms with E-state index in [-0.39, 0.29) is 11.7 Å². The first kappa shape index (κ1) is 20.3. The van der Waals surface area contributed by atoms with Crippen LogP contribution in [0.15, 0.2) is 6.07 Å². The summed E-state index contributed by atoms with van der Waals surface area (Å²) in [6.45, 7) is 9.70. The van der Waals surface area contributed by atoms with Crippen LogP contribution in [0.5, 0.6) is 11.5 Å². The maximum Gasteiger partial charge on any atom is 0.180 e. The number of rotatable bonds is 5. The minimum atomic E-state index is -0.103. The van der Waals surface area contributed by atoms with E-state index in [1.807, 2.05) is 0 Å². The lowest BCUT2D eigenvalue weighted by Crippen LogP contribution is -2.47. The third-order valence-electron chi connectivity index (χ3n) is 5.92. The Labute approximate surface area is 173 Å². The number of hydrogen-bond acceptors (Lipinski definition) is 5. The predicted octanol–water partition coefficient (Wildman–Crippen LogP) is 4.39. The van der Waals surface area contributed by atoms with E-state index in [1.54, 1.807) is 7.11 Å². The molecular weight excluding hydrogens is 378 g/mol. The molecule has 0 spiro atoms. The van der Waals surface area contributed by atoms with E-state index in [9.17, 15) is 0 Å². The molecule has 28 heavy (non-hydrogen) atoms. The maximum atomic E-state index is 6.81. The molecule has 4 rings (SSSR count). The normalized spacial score (nSPS) is 27.5. The zero-order valence-corrected chi connectivity index (χ0v) is 18.2. The fourth-order valence-corrected chi connectivity index (χ4v) is 4.90. The number of halogens is 1. The van der Waals surface area contributed by atoms with Gasteiger partial charge in [-0.2, -0.15) is 0 Å². The molecule has 0 aromatic heterocycles. The van der Waals surface area contributed by atoms with Gasteiger partial charge in [-0.25, -0.2) is 0 Å². The molecule has 0 aliphatic carbocycles. The van der Waals surface area contributed by atoms with Crippen molar-refractivity contribution in [1.29, 1.82) is 0 Å². The third kappa shape index (κ3) is 4.13. The van der Waals surface area contributed by atoms with Gasteiger partial charge in [0.05, 0.1) is 29.9 Å². The summed E-state index contributed by atoms with van der Waals surface area (Å²) in [5.74, 6) is 1.38. The number of hydrogen-bond donors (Lipinski definition) is 0. The topological polar surface area (TPSA) is 40.2 Å². The lowest BCUT2D eigenvalue weighted by molar-refractivity contribution is -0.0971. The predicted molar refractivity (Wildman–Crippen MR) is 110 cm³/mol. The smallest absolute Gasteiger partial charge is 0.180 e. The molecule has 3 heterocycles. The lowest BCUT2D eigenvalue weighted by Gasteiger charge is -2.45. The van der Waals surface area contributed by atoms with Crippen molar-refractivity contribution in [3.63, 3.8) is 0 Å². The summed E-state index contributed by atoms with van der Waals surface area (Å²) < 4.78 is 23.4. The molecule has 0 N–H and O–H groups in total. The second kappa shape index (κ2) is 8.02. The van der Waals surface area contributed by atoms with Crippen LogP contribution in [0.4, 0.5) is 0 Å². The summed E-state index contributed by atoms with van der Waals surface area (Å²) in [5, 5.41) is 0.710. The van der Waals surface area contributed by atoms with E-state index in [2.05, 4.69) is 31.7 Å². The van der Waals surface area contributed by atoms with Gasteiger partial charge in [0.1, 0.15) is 6.61 Å². The highest BCUT2D eigenvalue weighted by Crippen LogP contribution is 2.47. The highest BCUT2D eigenvalue weighted by Gasteiger charge is 2.37. The molecule has 6 heteroatoms. The van der Waals surface area contributed by atoms with Crippen molar-refractivity contribution < 1.29 is 18.9 Å². The first-order valence-electron chi connectivity index (χ1n) is 10.4. The molecule has 0 saturated carbocycles. The van der Waals surface area contributed by atoms with Gasteiger partial charge in [-0.3, -0.25) is 4.90 Å². The van der Waals surface area contributed by atoms with Crippen molar-refractivity contribution in [2.75, 3.05) is 33.4 Å². The Bertz CT molecular complexity index is 713. The minimum absolute atomic E-state index is 0.103. The number of nitrogens with zero attached hydrogens (tertiary/aromatic N) is 1. The van der Waals surface area contributed by atoms with Gasteiger partial charge in [0, 0.05) is 32.2 Å². The number of ether oxygens (including phenoxy) is 4. The van der Waals surface area contributed by atoms with Crippen LogP contribution in [-0.2, 0) is 15.9 Å². The maximum absolute atomic E-state index is 6.81. The van der Waals surface area contributed by atoms with Gasteiger partial charge in [-0.15, -0.1) is 0 Å². The molecule has 1 aromatic carbocycles. The zero-order chi connectivity index (χ0) is 19.9. The van der Waals surface area contributed by atoms with Crippen LogP contribution < -0.4 is 9.47 Å². The number of benzene rings is 1.